The minimum absolute atomic E-state index is 0.102. The summed E-state index contributed by atoms with van der Waals surface area (Å²) in [5.74, 6) is 0.130. The SMILES string of the molecule is CCCCCCCCCCCCCCCCCCCCCCC(=O)O[C@H](COC(=O)CCCCCCCCCCCCCCCCC(C)C)COP(=O)(O)OC[C@@H](O)COP(=O)(O)OC[C@@H](COC(=O)CCCCCCCCC(C)CC)OC(=O)CCCCCCCCC(C)CC. The van der Waals surface area contributed by atoms with Gasteiger partial charge in [0.05, 0.1) is 26.4 Å². The molecule has 576 valence electrons. The van der Waals surface area contributed by atoms with Crippen LogP contribution in [-0.2, 0) is 65.4 Å². The number of esters is 4. The number of hydrogen-bond donors (Lipinski definition) is 3. The van der Waals surface area contributed by atoms with Gasteiger partial charge >= 0.3 is 39.5 Å². The molecule has 3 N–H and O–H groups in total. The molecule has 0 heterocycles. The minimum atomic E-state index is -4.96. The largest absolute Gasteiger partial charge is 0.472 e. The van der Waals surface area contributed by atoms with Gasteiger partial charge in [0.15, 0.2) is 12.2 Å². The first-order chi connectivity index (χ1) is 46.8. The summed E-state index contributed by atoms with van der Waals surface area (Å²) in [5.41, 5.74) is 0. The Balaban J connectivity index is 5.21. The molecule has 4 unspecified atom stereocenters. The van der Waals surface area contributed by atoms with E-state index in [1.54, 1.807) is 0 Å². The summed E-state index contributed by atoms with van der Waals surface area (Å²) in [6, 6.07) is 0. The molecule has 0 aromatic rings. The van der Waals surface area contributed by atoms with Crippen molar-refractivity contribution in [1.29, 1.82) is 0 Å². The monoisotopic (exact) mass is 1420 g/mol. The van der Waals surface area contributed by atoms with Crippen molar-refractivity contribution in [3.05, 3.63) is 0 Å². The average Bonchev–Trinajstić information content (AvgIpc) is 1.24. The van der Waals surface area contributed by atoms with E-state index in [9.17, 15) is 43.2 Å². The van der Waals surface area contributed by atoms with Gasteiger partial charge in [-0.3, -0.25) is 37.3 Å². The Hall–Kier alpha value is -1.94. The van der Waals surface area contributed by atoms with E-state index in [2.05, 4.69) is 48.5 Å². The van der Waals surface area contributed by atoms with Gasteiger partial charge in [0.2, 0.25) is 0 Å². The van der Waals surface area contributed by atoms with Crippen molar-refractivity contribution in [2.45, 2.75) is 420 Å². The number of ether oxygens (including phenoxy) is 4. The minimum Gasteiger partial charge on any atom is -0.462 e. The van der Waals surface area contributed by atoms with Crippen LogP contribution in [0.4, 0.5) is 0 Å². The smallest absolute Gasteiger partial charge is 0.462 e. The molecule has 0 saturated heterocycles. The van der Waals surface area contributed by atoms with Crippen molar-refractivity contribution in [2.75, 3.05) is 39.6 Å². The van der Waals surface area contributed by atoms with Crippen molar-refractivity contribution in [3.63, 3.8) is 0 Å². The highest BCUT2D eigenvalue weighted by atomic mass is 31.2. The third-order valence-corrected chi connectivity index (χ3v) is 20.8. The van der Waals surface area contributed by atoms with Crippen molar-refractivity contribution >= 4 is 39.5 Å². The number of rotatable bonds is 76. The van der Waals surface area contributed by atoms with E-state index in [4.69, 9.17) is 37.0 Å². The van der Waals surface area contributed by atoms with Crippen LogP contribution in [0.15, 0.2) is 0 Å². The summed E-state index contributed by atoms with van der Waals surface area (Å²) >= 11 is 0. The lowest BCUT2D eigenvalue weighted by Crippen LogP contribution is -2.30. The molecule has 0 aromatic heterocycles. The summed E-state index contributed by atoms with van der Waals surface area (Å²) in [6.07, 6.45) is 55.7. The van der Waals surface area contributed by atoms with Crippen LogP contribution >= 0.6 is 15.6 Å². The van der Waals surface area contributed by atoms with E-state index < -0.39 is 97.5 Å². The fraction of sp³-hybridized carbons (Fsp3) is 0.949. The van der Waals surface area contributed by atoms with E-state index in [0.29, 0.717) is 25.7 Å². The highest BCUT2D eigenvalue weighted by molar-refractivity contribution is 7.47. The summed E-state index contributed by atoms with van der Waals surface area (Å²) in [6.45, 7) is 11.8. The van der Waals surface area contributed by atoms with Gasteiger partial charge in [0, 0.05) is 25.7 Å². The number of carbonyl (C=O) groups excluding carboxylic acids is 4. The molecule has 0 amide bonds. The van der Waals surface area contributed by atoms with E-state index in [1.165, 1.54) is 205 Å². The first-order valence-corrected chi connectivity index (χ1v) is 43.4. The number of hydrogen-bond acceptors (Lipinski definition) is 15. The molecule has 0 aromatic carbocycles. The molecular weight excluding hydrogens is 1270 g/mol. The molecule has 7 atom stereocenters. The Morgan fingerprint density at radius 1 is 0.299 bits per heavy atom. The average molecular weight is 1420 g/mol. The lowest BCUT2D eigenvalue weighted by molar-refractivity contribution is -0.161. The zero-order valence-electron chi connectivity index (χ0n) is 63.5. The topological polar surface area (TPSA) is 237 Å². The van der Waals surface area contributed by atoms with Gasteiger partial charge in [-0.05, 0) is 43.4 Å². The molecule has 0 spiro atoms. The number of phosphoric ester groups is 2. The highest BCUT2D eigenvalue weighted by Crippen LogP contribution is 2.45. The van der Waals surface area contributed by atoms with Crippen LogP contribution in [-0.4, -0.2) is 96.7 Å². The van der Waals surface area contributed by atoms with Crippen LogP contribution in [0.2, 0.25) is 0 Å². The zero-order valence-corrected chi connectivity index (χ0v) is 65.3. The van der Waals surface area contributed by atoms with Crippen LogP contribution in [0.25, 0.3) is 0 Å². The molecule has 0 aliphatic rings. The van der Waals surface area contributed by atoms with E-state index in [1.807, 2.05) is 0 Å². The first kappa shape index (κ1) is 95.1. The quantitative estimate of drug-likeness (QED) is 0.0222. The second-order valence-corrected chi connectivity index (χ2v) is 32.0. The predicted molar refractivity (Wildman–Crippen MR) is 395 cm³/mol. The number of carbonyl (C=O) groups is 4. The molecule has 0 aliphatic carbocycles. The third kappa shape index (κ3) is 69.5. The van der Waals surface area contributed by atoms with E-state index >= 15 is 0 Å². The number of phosphoric acid groups is 2. The zero-order chi connectivity index (χ0) is 71.6. The Kier molecular flexibility index (Phi) is 67.1. The van der Waals surface area contributed by atoms with Crippen molar-refractivity contribution in [3.8, 4) is 0 Å². The van der Waals surface area contributed by atoms with E-state index in [-0.39, 0.29) is 25.7 Å². The third-order valence-electron chi connectivity index (χ3n) is 18.9. The standard InChI is InChI=1S/C78H152O17P2/c1-8-11-12-13-14-15-16-17-18-19-20-21-22-23-28-31-34-37-47-54-61-77(82)94-73(65-88-75(80)59-52-45-36-33-30-27-25-24-26-29-32-35-42-49-56-69(4)5)67-92-96(84,85)90-63-72(79)64-91-97(86,87)93-68-74(95-78(83)62-55-48-41-39-44-51-58-71(7)10-3)66-89-76(81)60-53-46-40-38-43-50-57-70(6)9-2/h69-74,79H,8-68H2,1-7H3,(H,84,85)(H,86,87)/t70?,71?,72-,73-,74-/m1/s1. The van der Waals surface area contributed by atoms with Crippen molar-refractivity contribution in [1.82, 2.24) is 0 Å². The van der Waals surface area contributed by atoms with Gasteiger partial charge in [0.25, 0.3) is 0 Å². The maximum absolute atomic E-state index is 13.1. The molecular formula is C78H152O17P2. The van der Waals surface area contributed by atoms with Gasteiger partial charge in [0.1, 0.15) is 19.3 Å². The summed E-state index contributed by atoms with van der Waals surface area (Å²) in [4.78, 5) is 72.8. The normalized spacial score (nSPS) is 14.6. The van der Waals surface area contributed by atoms with Crippen LogP contribution < -0.4 is 0 Å². The summed E-state index contributed by atoms with van der Waals surface area (Å²) < 4.78 is 68.5. The molecule has 0 rings (SSSR count). The van der Waals surface area contributed by atoms with Crippen LogP contribution in [0.1, 0.15) is 402 Å². The molecule has 0 bridgehead atoms. The van der Waals surface area contributed by atoms with Crippen LogP contribution in [0, 0.1) is 17.8 Å². The number of unbranched alkanes of at least 4 members (excludes halogenated alkanes) is 42. The Morgan fingerprint density at radius 3 is 0.784 bits per heavy atom. The van der Waals surface area contributed by atoms with Gasteiger partial charge < -0.3 is 33.8 Å². The fourth-order valence-corrected chi connectivity index (χ4v) is 13.5. The maximum atomic E-state index is 13.1. The van der Waals surface area contributed by atoms with Crippen molar-refractivity contribution in [2.24, 2.45) is 17.8 Å². The Bertz CT molecular complexity index is 1890. The molecule has 17 nitrogen and oxygen atoms in total. The van der Waals surface area contributed by atoms with Gasteiger partial charge in [-0.15, -0.1) is 0 Å². The molecule has 0 fully saturated rings. The first-order valence-electron chi connectivity index (χ1n) is 40.4. The Labute approximate surface area is 594 Å². The second-order valence-electron chi connectivity index (χ2n) is 29.1. The van der Waals surface area contributed by atoms with Gasteiger partial charge in [-0.1, -0.05) is 350 Å². The van der Waals surface area contributed by atoms with Crippen LogP contribution in [0.3, 0.4) is 0 Å². The molecule has 0 aliphatic heterocycles. The molecule has 0 saturated carbocycles. The molecule has 97 heavy (non-hydrogen) atoms. The Morgan fingerprint density at radius 2 is 0.526 bits per heavy atom. The lowest BCUT2D eigenvalue weighted by Gasteiger charge is -2.21. The van der Waals surface area contributed by atoms with E-state index in [0.717, 1.165) is 114 Å². The van der Waals surface area contributed by atoms with Gasteiger partial charge in [-0.2, -0.15) is 0 Å². The van der Waals surface area contributed by atoms with Gasteiger partial charge in [-0.25, -0.2) is 9.13 Å². The second kappa shape index (κ2) is 68.5. The highest BCUT2D eigenvalue weighted by Gasteiger charge is 2.30. The summed E-state index contributed by atoms with van der Waals surface area (Å²) in [5, 5.41) is 10.6. The summed E-state index contributed by atoms with van der Waals surface area (Å²) in [7, 11) is -9.91. The number of aliphatic hydroxyl groups is 1. The molecule has 19 heteroatoms. The molecule has 0 radical (unpaired) electrons. The van der Waals surface area contributed by atoms with Crippen molar-refractivity contribution < 1.29 is 80.2 Å². The fourth-order valence-electron chi connectivity index (χ4n) is 11.9. The number of aliphatic hydroxyl groups excluding tert-OH is 1. The van der Waals surface area contributed by atoms with Crippen LogP contribution in [0.5, 0.6) is 0 Å². The maximum Gasteiger partial charge on any atom is 0.472 e. The predicted octanol–water partition coefficient (Wildman–Crippen LogP) is 23.0. The lowest BCUT2D eigenvalue weighted by atomic mass is 10.00.